The molecule has 18 heavy (non-hydrogen) atoms. The van der Waals surface area contributed by atoms with Crippen LogP contribution in [0.15, 0.2) is 12.2 Å². The van der Waals surface area contributed by atoms with E-state index in [4.69, 9.17) is 9.29 Å². The van der Waals surface area contributed by atoms with E-state index >= 15 is 0 Å². The van der Waals surface area contributed by atoms with E-state index in [0.717, 1.165) is 13.7 Å². The number of hydrogen-bond donors (Lipinski definition) is 1. The third kappa shape index (κ3) is 13.1. The first kappa shape index (κ1) is 19.4. The van der Waals surface area contributed by atoms with Crippen molar-refractivity contribution in [2.45, 2.75) is 13.8 Å². The van der Waals surface area contributed by atoms with Crippen LogP contribution in [0.25, 0.3) is 0 Å². The van der Waals surface area contributed by atoms with Crippen molar-refractivity contribution in [1.29, 1.82) is 0 Å². The summed E-state index contributed by atoms with van der Waals surface area (Å²) in [5.74, 6) is -0.311. The summed E-state index contributed by atoms with van der Waals surface area (Å²) in [5, 5.41) is 0. The average molecular weight is 284 g/mol. The molecule has 0 atom stereocenters. The van der Waals surface area contributed by atoms with Crippen molar-refractivity contribution in [1.82, 2.24) is 0 Å². The molecular formula is C10H22NO6S+. The lowest BCUT2D eigenvalue weighted by atomic mass is 10.4. The molecule has 0 aromatic carbocycles. The number of carbonyl (C=O) groups is 1. The summed E-state index contributed by atoms with van der Waals surface area (Å²) in [6.45, 7) is 8.54. The first-order chi connectivity index (χ1) is 7.95. The Morgan fingerprint density at radius 3 is 2.00 bits per heavy atom. The molecule has 0 heterocycles. The SMILES string of the molecule is C=C(C)C(=O)OC[N+](C)(C)CC.COS(=O)(=O)O. The molecule has 0 spiro atoms. The van der Waals surface area contributed by atoms with Crippen LogP contribution in [0.2, 0.25) is 0 Å². The van der Waals surface area contributed by atoms with E-state index in [2.05, 4.69) is 17.7 Å². The van der Waals surface area contributed by atoms with Crippen molar-refractivity contribution in [3.63, 3.8) is 0 Å². The van der Waals surface area contributed by atoms with Crippen molar-refractivity contribution in [3.05, 3.63) is 12.2 Å². The highest BCUT2D eigenvalue weighted by Gasteiger charge is 2.14. The van der Waals surface area contributed by atoms with E-state index in [9.17, 15) is 13.2 Å². The number of hydrogen-bond acceptors (Lipinski definition) is 5. The average Bonchev–Trinajstić information content (AvgIpc) is 2.25. The molecule has 0 aliphatic heterocycles. The monoisotopic (exact) mass is 284 g/mol. The molecule has 0 saturated heterocycles. The molecule has 8 heteroatoms. The number of rotatable bonds is 5. The highest BCUT2D eigenvalue weighted by Crippen LogP contribution is 1.99. The Bertz CT molecular complexity index is 374. The molecule has 0 aromatic heterocycles. The van der Waals surface area contributed by atoms with Crippen molar-refractivity contribution >= 4 is 16.4 Å². The second-order valence-corrected chi connectivity index (χ2v) is 5.38. The minimum atomic E-state index is -4.16. The molecule has 0 fully saturated rings. The standard InChI is InChI=1S/C9H18NO2.CH4O4S/c1-6-10(4,5)7-12-9(11)8(2)3;1-5-6(2,3)4/h2,6-7H2,1,3-5H3;1H3,(H,2,3,4)/q+1;. The predicted octanol–water partition coefficient (Wildman–Crippen LogP) is 0.595. The van der Waals surface area contributed by atoms with Gasteiger partial charge in [-0.25, -0.2) is 4.79 Å². The smallest absolute Gasteiger partial charge is 0.397 e. The van der Waals surface area contributed by atoms with Crippen molar-refractivity contribution in [2.75, 3.05) is 34.5 Å². The van der Waals surface area contributed by atoms with Gasteiger partial charge in [0, 0.05) is 5.57 Å². The van der Waals surface area contributed by atoms with Crippen LogP contribution < -0.4 is 0 Å². The molecule has 0 rings (SSSR count). The first-order valence-electron chi connectivity index (χ1n) is 5.13. The first-order valence-corrected chi connectivity index (χ1v) is 6.49. The van der Waals surface area contributed by atoms with Gasteiger partial charge in [0.05, 0.1) is 27.7 Å². The van der Waals surface area contributed by atoms with E-state index in [1.807, 2.05) is 14.1 Å². The highest BCUT2D eigenvalue weighted by atomic mass is 32.3. The zero-order valence-electron chi connectivity index (χ0n) is 11.5. The molecule has 0 radical (unpaired) electrons. The van der Waals surface area contributed by atoms with E-state index in [0.29, 0.717) is 16.8 Å². The van der Waals surface area contributed by atoms with E-state index in [1.165, 1.54) is 0 Å². The van der Waals surface area contributed by atoms with Crippen LogP contribution in [0, 0.1) is 0 Å². The van der Waals surface area contributed by atoms with Gasteiger partial charge in [0.1, 0.15) is 0 Å². The summed E-state index contributed by atoms with van der Waals surface area (Å²) in [5.41, 5.74) is 0.450. The lowest BCUT2D eigenvalue weighted by Gasteiger charge is -2.26. The van der Waals surface area contributed by atoms with Gasteiger partial charge in [-0.3, -0.25) is 13.2 Å². The third-order valence-electron chi connectivity index (χ3n) is 1.96. The quantitative estimate of drug-likeness (QED) is 0.261. The van der Waals surface area contributed by atoms with Crippen LogP contribution in [0.4, 0.5) is 0 Å². The zero-order valence-corrected chi connectivity index (χ0v) is 12.3. The minimum Gasteiger partial charge on any atom is -0.412 e. The lowest BCUT2D eigenvalue weighted by molar-refractivity contribution is -0.905. The van der Waals surface area contributed by atoms with Crippen LogP contribution in [-0.2, 0) is 24.1 Å². The fourth-order valence-corrected chi connectivity index (χ4v) is 0.448. The molecule has 0 unspecified atom stereocenters. The Balaban J connectivity index is 0. The molecular weight excluding hydrogens is 262 g/mol. The van der Waals surface area contributed by atoms with Crippen LogP contribution in [0.5, 0.6) is 0 Å². The summed E-state index contributed by atoms with van der Waals surface area (Å²) >= 11 is 0. The number of nitrogens with zero attached hydrogens (tertiary/aromatic N) is 1. The van der Waals surface area contributed by atoms with Gasteiger partial charge in [0.25, 0.3) is 0 Å². The number of ether oxygens (including phenoxy) is 1. The lowest BCUT2D eigenvalue weighted by Crippen LogP contribution is -2.41. The summed E-state index contributed by atoms with van der Waals surface area (Å²) in [6, 6.07) is 0. The summed E-state index contributed by atoms with van der Waals surface area (Å²) in [4.78, 5) is 11.0. The summed E-state index contributed by atoms with van der Waals surface area (Å²) in [6.07, 6.45) is 0. The van der Waals surface area contributed by atoms with Gasteiger partial charge >= 0.3 is 16.4 Å². The van der Waals surface area contributed by atoms with E-state index < -0.39 is 10.4 Å². The second kappa shape index (κ2) is 8.20. The Labute approximate surface area is 109 Å². The van der Waals surface area contributed by atoms with Gasteiger partial charge in [0.15, 0.2) is 0 Å². The maximum absolute atomic E-state index is 11.0. The Morgan fingerprint density at radius 1 is 1.39 bits per heavy atom. The van der Waals surface area contributed by atoms with E-state index in [-0.39, 0.29) is 5.97 Å². The molecule has 108 valence electrons. The van der Waals surface area contributed by atoms with Gasteiger partial charge in [-0.05, 0) is 13.8 Å². The predicted molar refractivity (Wildman–Crippen MR) is 67.0 cm³/mol. The Kier molecular flexibility index (Phi) is 8.83. The topological polar surface area (TPSA) is 89.9 Å². The number of carbonyl (C=O) groups excluding carboxylic acids is 1. The van der Waals surface area contributed by atoms with Gasteiger partial charge in [-0.2, -0.15) is 8.42 Å². The molecule has 0 saturated carbocycles. The third-order valence-corrected chi connectivity index (χ3v) is 2.38. The largest absolute Gasteiger partial charge is 0.412 e. The van der Waals surface area contributed by atoms with Crippen LogP contribution in [0.1, 0.15) is 13.8 Å². The number of esters is 1. The van der Waals surface area contributed by atoms with Crippen LogP contribution in [0.3, 0.4) is 0 Å². The van der Waals surface area contributed by atoms with Gasteiger partial charge < -0.3 is 4.74 Å². The fourth-order valence-electron chi connectivity index (χ4n) is 0.448. The van der Waals surface area contributed by atoms with Gasteiger partial charge in [-0.1, -0.05) is 6.58 Å². The maximum Gasteiger partial charge on any atom is 0.397 e. The van der Waals surface area contributed by atoms with Crippen molar-refractivity contribution in [2.24, 2.45) is 0 Å². The molecule has 0 bridgehead atoms. The Hall–Kier alpha value is -0.960. The van der Waals surface area contributed by atoms with Gasteiger partial charge in [-0.15, -0.1) is 0 Å². The molecule has 7 nitrogen and oxygen atoms in total. The highest BCUT2D eigenvalue weighted by molar-refractivity contribution is 7.80. The molecule has 0 aliphatic rings. The summed E-state index contributed by atoms with van der Waals surface area (Å²) < 4.78 is 35.4. The molecule has 0 amide bonds. The van der Waals surface area contributed by atoms with E-state index in [1.54, 1.807) is 6.92 Å². The molecule has 0 aliphatic carbocycles. The molecule has 1 N–H and O–H groups in total. The van der Waals surface area contributed by atoms with Crippen molar-refractivity contribution in [3.8, 4) is 0 Å². The number of quaternary nitrogens is 1. The van der Waals surface area contributed by atoms with Crippen molar-refractivity contribution < 1.29 is 31.2 Å². The summed E-state index contributed by atoms with van der Waals surface area (Å²) in [7, 11) is 0.720. The zero-order chi connectivity index (χ0) is 15.0. The Morgan fingerprint density at radius 2 is 1.78 bits per heavy atom. The van der Waals surface area contributed by atoms with Gasteiger partial charge in [0.2, 0.25) is 6.73 Å². The van der Waals surface area contributed by atoms with Crippen LogP contribution >= 0.6 is 0 Å². The van der Waals surface area contributed by atoms with Crippen LogP contribution in [-0.4, -0.2) is 57.9 Å². The second-order valence-electron chi connectivity index (χ2n) is 4.19. The maximum atomic E-state index is 11.0. The minimum absolute atomic E-state index is 0.311. The normalized spacial score (nSPS) is 11.2. The molecule has 0 aromatic rings. The fraction of sp³-hybridized carbons (Fsp3) is 0.700.